The number of benzene rings is 2. The van der Waals surface area contributed by atoms with Crippen molar-refractivity contribution in [2.75, 3.05) is 18.5 Å². The van der Waals surface area contributed by atoms with Gasteiger partial charge in [0.1, 0.15) is 5.56 Å². The van der Waals surface area contributed by atoms with Crippen LogP contribution in [0.3, 0.4) is 0 Å². The Morgan fingerprint density at radius 1 is 1.00 bits per heavy atom. The summed E-state index contributed by atoms with van der Waals surface area (Å²) in [4.78, 5) is 29.0. The van der Waals surface area contributed by atoms with Crippen molar-refractivity contribution in [2.45, 2.75) is 20.8 Å². The lowest BCUT2D eigenvalue weighted by Gasteiger charge is -2.15. The molecule has 1 N–H and O–H groups in total. The molecule has 0 bridgehead atoms. The van der Waals surface area contributed by atoms with Crippen molar-refractivity contribution >= 4 is 34.2 Å². The Hall–Kier alpha value is -3.41. The van der Waals surface area contributed by atoms with Gasteiger partial charge in [0, 0.05) is 17.3 Å². The zero-order valence-electron chi connectivity index (χ0n) is 16.1. The van der Waals surface area contributed by atoms with Crippen LogP contribution in [0, 0.1) is 6.92 Å². The van der Waals surface area contributed by atoms with Crippen LogP contribution in [0.4, 0.5) is 11.4 Å². The van der Waals surface area contributed by atoms with Gasteiger partial charge in [-0.3, -0.25) is 4.98 Å². The van der Waals surface area contributed by atoms with Gasteiger partial charge in [0.25, 0.3) is 0 Å². The topological polar surface area (TPSA) is 77.5 Å². The minimum atomic E-state index is -0.478. The van der Waals surface area contributed by atoms with Crippen LogP contribution in [-0.2, 0) is 9.47 Å². The van der Waals surface area contributed by atoms with E-state index in [-0.39, 0.29) is 13.2 Å². The Kier molecular flexibility index (Phi) is 5.89. The van der Waals surface area contributed by atoms with Crippen LogP contribution in [0.1, 0.15) is 40.1 Å². The zero-order valence-corrected chi connectivity index (χ0v) is 16.1. The highest BCUT2D eigenvalue weighted by Crippen LogP contribution is 2.31. The van der Waals surface area contributed by atoms with E-state index >= 15 is 0 Å². The molecule has 0 unspecified atom stereocenters. The molecule has 0 saturated heterocycles. The van der Waals surface area contributed by atoms with Gasteiger partial charge in [-0.25, -0.2) is 9.59 Å². The van der Waals surface area contributed by atoms with E-state index in [0.29, 0.717) is 27.7 Å². The van der Waals surface area contributed by atoms with E-state index in [9.17, 15) is 9.59 Å². The van der Waals surface area contributed by atoms with Gasteiger partial charge in [-0.05, 0) is 56.7 Å². The van der Waals surface area contributed by atoms with Crippen LogP contribution in [0.15, 0.2) is 48.7 Å². The molecule has 1 aromatic heterocycles. The van der Waals surface area contributed by atoms with Crippen molar-refractivity contribution in [3.05, 3.63) is 65.4 Å². The lowest BCUT2D eigenvalue weighted by Crippen LogP contribution is -2.10. The molecule has 0 fully saturated rings. The number of nitrogens with zero attached hydrogens (tertiary/aromatic N) is 1. The summed E-state index contributed by atoms with van der Waals surface area (Å²) < 4.78 is 10.3. The third kappa shape index (κ3) is 4.11. The standard InChI is InChI=1S/C22H22N2O4/c1-4-27-21(25)15-9-10-19-17(12-15)20(18(13-23-19)22(26)28-5-2)24-16-8-6-7-14(3)11-16/h6-13H,4-5H2,1-3H3,(H,23,24). The van der Waals surface area contributed by atoms with Crippen molar-refractivity contribution in [3.8, 4) is 0 Å². The molecule has 3 aromatic rings. The molecule has 0 aliphatic carbocycles. The van der Waals surface area contributed by atoms with Crippen LogP contribution < -0.4 is 5.32 Å². The quantitative estimate of drug-likeness (QED) is 0.630. The Labute approximate surface area is 163 Å². The number of rotatable bonds is 6. The molecule has 0 aliphatic rings. The molecule has 6 heteroatoms. The Morgan fingerprint density at radius 3 is 2.46 bits per heavy atom. The highest BCUT2D eigenvalue weighted by atomic mass is 16.5. The second-order valence-electron chi connectivity index (χ2n) is 6.21. The molecular formula is C22H22N2O4. The van der Waals surface area contributed by atoms with E-state index in [1.54, 1.807) is 32.0 Å². The van der Waals surface area contributed by atoms with Gasteiger partial charge < -0.3 is 14.8 Å². The molecule has 0 spiro atoms. The molecule has 0 amide bonds. The predicted molar refractivity (Wildman–Crippen MR) is 108 cm³/mol. The smallest absolute Gasteiger partial charge is 0.341 e. The Morgan fingerprint density at radius 2 is 1.75 bits per heavy atom. The van der Waals surface area contributed by atoms with Crippen molar-refractivity contribution in [1.29, 1.82) is 0 Å². The first-order valence-electron chi connectivity index (χ1n) is 9.14. The molecule has 2 aromatic carbocycles. The van der Waals surface area contributed by atoms with Crippen LogP contribution in [-0.4, -0.2) is 30.1 Å². The monoisotopic (exact) mass is 378 g/mol. The number of fused-ring (bicyclic) bond motifs is 1. The summed E-state index contributed by atoms with van der Waals surface area (Å²) in [5, 5.41) is 3.94. The third-order valence-corrected chi connectivity index (χ3v) is 4.16. The van der Waals surface area contributed by atoms with E-state index in [2.05, 4.69) is 10.3 Å². The number of anilines is 2. The second-order valence-corrected chi connectivity index (χ2v) is 6.21. The van der Waals surface area contributed by atoms with Crippen molar-refractivity contribution in [3.63, 3.8) is 0 Å². The number of aromatic nitrogens is 1. The lowest BCUT2D eigenvalue weighted by atomic mass is 10.1. The molecular weight excluding hydrogens is 356 g/mol. The van der Waals surface area contributed by atoms with Crippen molar-refractivity contribution in [1.82, 2.24) is 4.98 Å². The summed E-state index contributed by atoms with van der Waals surface area (Å²) in [5.74, 6) is -0.902. The average molecular weight is 378 g/mol. The van der Waals surface area contributed by atoms with Crippen LogP contribution in [0.2, 0.25) is 0 Å². The maximum Gasteiger partial charge on any atom is 0.341 e. The predicted octanol–water partition coefficient (Wildman–Crippen LogP) is 4.64. The van der Waals surface area contributed by atoms with Gasteiger partial charge in [-0.2, -0.15) is 0 Å². The maximum absolute atomic E-state index is 12.5. The van der Waals surface area contributed by atoms with Gasteiger partial charge in [-0.1, -0.05) is 12.1 Å². The fraction of sp³-hybridized carbons (Fsp3) is 0.227. The Balaban J connectivity index is 2.18. The molecule has 0 saturated carbocycles. The van der Waals surface area contributed by atoms with E-state index in [0.717, 1.165) is 11.3 Å². The second kappa shape index (κ2) is 8.52. The van der Waals surface area contributed by atoms with Crippen LogP contribution >= 0.6 is 0 Å². The Bertz CT molecular complexity index is 1020. The first-order chi connectivity index (χ1) is 13.5. The number of nitrogens with one attached hydrogen (secondary N) is 1. The van der Waals surface area contributed by atoms with Gasteiger partial charge >= 0.3 is 11.9 Å². The molecule has 0 aliphatic heterocycles. The van der Waals surface area contributed by atoms with Gasteiger partial charge in [-0.15, -0.1) is 0 Å². The maximum atomic E-state index is 12.5. The SMILES string of the molecule is CCOC(=O)c1ccc2ncc(C(=O)OCC)c(Nc3cccc(C)c3)c2c1. The van der Waals surface area contributed by atoms with Gasteiger partial charge in [0.2, 0.25) is 0 Å². The largest absolute Gasteiger partial charge is 0.462 e. The first-order valence-corrected chi connectivity index (χ1v) is 9.14. The summed E-state index contributed by atoms with van der Waals surface area (Å²) in [6, 6.07) is 12.9. The normalized spacial score (nSPS) is 10.5. The molecule has 28 heavy (non-hydrogen) atoms. The highest BCUT2D eigenvalue weighted by Gasteiger charge is 2.18. The van der Waals surface area contributed by atoms with Crippen molar-refractivity contribution < 1.29 is 19.1 Å². The van der Waals surface area contributed by atoms with E-state index < -0.39 is 11.9 Å². The first kappa shape index (κ1) is 19.4. The van der Waals surface area contributed by atoms with Crippen LogP contribution in [0.25, 0.3) is 10.9 Å². The summed E-state index contributed by atoms with van der Waals surface area (Å²) >= 11 is 0. The number of carbonyl (C=O) groups is 2. The average Bonchev–Trinajstić information content (AvgIpc) is 2.68. The number of esters is 2. The number of hydrogen-bond acceptors (Lipinski definition) is 6. The zero-order chi connectivity index (χ0) is 20.1. The van der Waals surface area contributed by atoms with Crippen LogP contribution in [0.5, 0.6) is 0 Å². The number of carbonyl (C=O) groups excluding carboxylic acids is 2. The summed E-state index contributed by atoms with van der Waals surface area (Å²) in [7, 11) is 0. The molecule has 6 nitrogen and oxygen atoms in total. The number of aryl methyl sites for hydroxylation is 1. The number of hydrogen-bond donors (Lipinski definition) is 1. The third-order valence-electron chi connectivity index (χ3n) is 4.16. The summed E-state index contributed by atoms with van der Waals surface area (Å²) in [6.45, 7) is 6.03. The highest BCUT2D eigenvalue weighted by molar-refractivity contribution is 6.07. The number of ether oxygens (including phenoxy) is 2. The van der Waals surface area contributed by atoms with Crippen molar-refractivity contribution in [2.24, 2.45) is 0 Å². The minimum absolute atomic E-state index is 0.254. The summed E-state index contributed by atoms with van der Waals surface area (Å²) in [5.41, 5.74) is 3.78. The van der Waals surface area contributed by atoms with E-state index in [1.165, 1.54) is 6.20 Å². The van der Waals surface area contributed by atoms with Gasteiger partial charge in [0.05, 0.1) is 30.0 Å². The van der Waals surface area contributed by atoms with E-state index in [1.807, 2.05) is 31.2 Å². The molecule has 0 atom stereocenters. The fourth-order valence-corrected chi connectivity index (χ4v) is 2.90. The molecule has 144 valence electrons. The number of pyridine rings is 1. The molecule has 1 heterocycles. The summed E-state index contributed by atoms with van der Waals surface area (Å²) in [6.07, 6.45) is 1.49. The van der Waals surface area contributed by atoms with E-state index in [4.69, 9.17) is 9.47 Å². The lowest BCUT2D eigenvalue weighted by molar-refractivity contribution is 0.0518. The molecule has 3 rings (SSSR count). The minimum Gasteiger partial charge on any atom is -0.462 e. The fourth-order valence-electron chi connectivity index (χ4n) is 2.90. The van der Waals surface area contributed by atoms with Gasteiger partial charge in [0.15, 0.2) is 0 Å². The molecule has 0 radical (unpaired) electrons.